The zero-order valence-corrected chi connectivity index (χ0v) is 9.30. The monoisotopic (exact) mass is 219 g/mol. The van der Waals surface area contributed by atoms with Gasteiger partial charge >= 0.3 is 5.97 Å². The topological polar surface area (TPSA) is 40.5 Å². The second-order valence-electron chi connectivity index (χ2n) is 4.27. The van der Waals surface area contributed by atoms with Crippen LogP contribution in [0.15, 0.2) is 30.3 Å². The summed E-state index contributed by atoms with van der Waals surface area (Å²) in [6, 6.07) is 9.99. The van der Waals surface area contributed by atoms with Crippen molar-refractivity contribution in [3.05, 3.63) is 35.9 Å². The normalized spacial score (nSPS) is 18.5. The molecular weight excluding hydrogens is 202 g/mol. The lowest BCUT2D eigenvalue weighted by molar-refractivity contribution is -0.138. The van der Waals surface area contributed by atoms with E-state index in [1.54, 1.807) is 0 Å². The van der Waals surface area contributed by atoms with Gasteiger partial charge in [-0.15, -0.1) is 0 Å². The van der Waals surface area contributed by atoms with Crippen molar-refractivity contribution in [1.29, 1.82) is 0 Å². The van der Waals surface area contributed by atoms with Crippen molar-refractivity contribution in [3.63, 3.8) is 0 Å². The van der Waals surface area contributed by atoms with Crippen molar-refractivity contribution in [2.45, 2.75) is 25.3 Å². The number of carboxylic acids is 1. The van der Waals surface area contributed by atoms with E-state index in [1.165, 1.54) is 12.8 Å². The van der Waals surface area contributed by atoms with E-state index in [2.05, 4.69) is 4.90 Å². The molecule has 1 aromatic carbocycles. The first-order valence-corrected chi connectivity index (χ1v) is 5.78. The Balaban J connectivity index is 2.16. The molecule has 0 unspecified atom stereocenters. The minimum atomic E-state index is -0.722. The number of hydrogen-bond acceptors (Lipinski definition) is 2. The molecule has 1 fully saturated rings. The van der Waals surface area contributed by atoms with Gasteiger partial charge in [0.05, 0.1) is 6.42 Å². The van der Waals surface area contributed by atoms with Crippen LogP contribution in [0.5, 0.6) is 0 Å². The molecular formula is C13H17NO2. The number of nitrogens with zero attached hydrogens (tertiary/aromatic N) is 1. The molecule has 1 aliphatic heterocycles. The third-order valence-corrected chi connectivity index (χ3v) is 3.13. The molecule has 1 aliphatic rings. The molecule has 86 valence electrons. The first kappa shape index (κ1) is 11.1. The maximum atomic E-state index is 10.9. The van der Waals surface area contributed by atoms with Gasteiger partial charge in [0.15, 0.2) is 0 Å². The van der Waals surface area contributed by atoms with Crippen molar-refractivity contribution in [2.24, 2.45) is 0 Å². The summed E-state index contributed by atoms with van der Waals surface area (Å²) in [6.07, 6.45) is 2.57. The molecule has 0 radical (unpaired) electrons. The molecule has 16 heavy (non-hydrogen) atoms. The van der Waals surface area contributed by atoms with Crippen LogP contribution in [0.4, 0.5) is 0 Å². The lowest BCUT2D eigenvalue weighted by atomic mass is 10.0. The average molecular weight is 219 g/mol. The smallest absolute Gasteiger partial charge is 0.305 e. The number of hydrogen-bond donors (Lipinski definition) is 1. The molecule has 1 heterocycles. The third-order valence-electron chi connectivity index (χ3n) is 3.13. The van der Waals surface area contributed by atoms with E-state index >= 15 is 0 Å². The predicted octanol–water partition coefficient (Wildman–Crippen LogP) is 2.30. The first-order chi connectivity index (χ1) is 7.77. The molecule has 0 aliphatic carbocycles. The minimum Gasteiger partial charge on any atom is -0.481 e. The van der Waals surface area contributed by atoms with Crippen LogP contribution in [-0.4, -0.2) is 29.1 Å². The van der Waals surface area contributed by atoms with E-state index in [-0.39, 0.29) is 12.5 Å². The fourth-order valence-electron chi connectivity index (χ4n) is 2.35. The van der Waals surface area contributed by atoms with Crippen molar-refractivity contribution in [2.75, 3.05) is 13.1 Å². The van der Waals surface area contributed by atoms with E-state index in [1.807, 2.05) is 30.3 Å². The van der Waals surface area contributed by atoms with Crippen LogP contribution in [0.1, 0.15) is 30.9 Å². The molecule has 0 aromatic heterocycles. The molecule has 0 spiro atoms. The van der Waals surface area contributed by atoms with Crippen LogP contribution in [0.3, 0.4) is 0 Å². The number of likely N-dealkylation sites (tertiary alicyclic amines) is 1. The van der Waals surface area contributed by atoms with Crippen LogP contribution in [0.2, 0.25) is 0 Å². The second-order valence-corrected chi connectivity index (χ2v) is 4.27. The quantitative estimate of drug-likeness (QED) is 0.844. The van der Waals surface area contributed by atoms with Crippen LogP contribution in [-0.2, 0) is 4.79 Å². The summed E-state index contributed by atoms with van der Waals surface area (Å²) in [5.74, 6) is -0.722. The summed E-state index contributed by atoms with van der Waals surface area (Å²) in [7, 11) is 0. The Hall–Kier alpha value is -1.35. The molecule has 0 amide bonds. The van der Waals surface area contributed by atoms with Gasteiger partial charge < -0.3 is 5.11 Å². The van der Waals surface area contributed by atoms with Gasteiger partial charge in [0.25, 0.3) is 0 Å². The molecule has 2 rings (SSSR count). The lowest BCUT2D eigenvalue weighted by Gasteiger charge is -2.26. The van der Waals surface area contributed by atoms with Gasteiger partial charge in [-0.05, 0) is 31.5 Å². The summed E-state index contributed by atoms with van der Waals surface area (Å²) in [4.78, 5) is 13.2. The number of carbonyl (C=O) groups is 1. The Morgan fingerprint density at radius 2 is 1.88 bits per heavy atom. The summed E-state index contributed by atoms with van der Waals surface area (Å²) in [5, 5.41) is 8.98. The maximum absolute atomic E-state index is 10.9. The van der Waals surface area contributed by atoms with Gasteiger partial charge in [-0.25, -0.2) is 0 Å². The fraction of sp³-hybridized carbons (Fsp3) is 0.462. The third kappa shape index (κ3) is 2.61. The van der Waals surface area contributed by atoms with E-state index < -0.39 is 5.97 Å². The zero-order chi connectivity index (χ0) is 11.4. The number of benzene rings is 1. The van der Waals surface area contributed by atoms with E-state index in [0.717, 1.165) is 18.7 Å². The Morgan fingerprint density at radius 1 is 1.25 bits per heavy atom. The Bertz CT molecular complexity index is 344. The molecule has 1 N–H and O–H groups in total. The van der Waals surface area contributed by atoms with Gasteiger partial charge in [0.2, 0.25) is 0 Å². The lowest BCUT2D eigenvalue weighted by Crippen LogP contribution is -2.27. The maximum Gasteiger partial charge on any atom is 0.305 e. The molecule has 0 bridgehead atoms. The van der Waals surface area contributed by atoms with E-state index in [4.69, 9.17) is 5.11 Å². The van der Waals surface area contributed by atoms with Crippen molar-refractivity contribution >= 4 is 5.97 Å². The average Bonchev–Trinajstić information content (AvgIpc) is 2.80. The Morgan fingerprint density at radius 3 is 2.44 bits per heavy atom. The largest absolute Gasteiger partial charge is 0.481 e. The molecule has 1 aromatic rings. The zero-order valence-electron chi connectivity index (χ0n) is 9.30. The van der Waals surface area contributed by atoms with Gasteiger partial charge in [0.1, 0.15) is 0 Å². The van der Waals surface area contributed by atoms with Crippen molar-refractivity contribution in [3.8, 4) is 0 Å². The van der Waals surface area contributed by atoms with Crippen LogP contribution >= 0.6 is 0 Å². The highest BCUT2D eigenvalue weighted by Gasteiger charge is 2.25. The van der Waals surface area contributed by atoms with Crippen LogP contribution < -0.4 is 0 Å². The highest BCUT2D eigenvalue weighted by Crippen LogP contribution is 2.27. The van der Waals surface area contributed by atoms with Crippen molar-refractivity contribution < 1.29 is 9.90 Å². The van der Waals surface area contributed by atoms with Gasteiger partial charge in [-0.1, -0.05) is 30.3 Å². The highest BCUT2D eigenvalue weighted by molar-refractivity contribution is 5.68. The highest BCUT2D eigenvalue weighted by atomic mass is 16.4. The van der Waals surface area contributed by atoms with Gasteiger partial charge in [-0.2, -0.15) is 0 Å². The summed E-state index contributed by atoms with van der Waals surface area (Å²) < 4.78 is 0. The Kier molecular flexibility index (Phi) is 3.57. The van der Waals surface area contributed by atoms with Crippen LogP contribution in [0, 0.1) is 0 Å². The number of aliphatic carboxylic acids is 1. The fourth-order valence-corrected chi connectivity index (χ4v) is 2.35. The summed E-state index contributed by atoms with van der Waals surface area (Å²) in [6.45, 7) is 2.04. The van der Waals surface area contributed by atoms with Crippen LogP contribution in [0.25, 0.3) is 0 Å². The standard InChI is InChI=1S/C13H17NO2/c15-13(16)10-12(14-8-4-5-9-14)11-6-2-1-3-7-11/h1-3,6-7,12H,4-5,8-10H2,(H,15,16)/t12-/m0/s1. The summed E-state index contributed by atoms with van der Waals surface area (Å²) in [5.41, 5.74) is 1.12. The summed E-state index contributed by atoms with van der Waals surface area (Å²) >= 11 is 0. The van der Waals surface area contributed by atoms with Gasteiger partial charge in [-0.3, -0.25) is 9.69 Å². The predicted molar refractivity (Wildman–Crippen MR) is 62.2 cm³/mol. The molecule has 0 saturated carbocycles. The SMILES string of the molecule is O=C(O)C[C@@H](c1ccccc1)N1CCCC1. The molecule has 3 nitrogen and oxygen atoms in total. The second kappa shape index (κ2) is 5.12. The number of rotatable bonds is 4. The Labute approximate surface area is 95.7 Å². The minimum absolute atomic E-state index is 0.0428. The van der Waals surface area contributed by atoms with E-state index in [0.29, 0.717) is 0 Å². The molecule has 1 atom stereocenters. The van der Waals surface area contributed by atoms with Crippen molar-refractivity contribution in [1.82, 2.24) is 4.90 Å². The molecule has 3 heteroatoms. The number of carboxylic acid groups (broad SMARTS) is 1. The van der Waals surface area contributed by atoms with Gasteiger partial charge in [0, 0.05) is 6.04 Å². The molecule has 1 saturated heterocycles. The first-order valence-electron chi connectivity index (χ1n) is 5.78. The van der Waals surface area contributed by atoms with E-state index in [9.17, 15) is 4.79 Å².